The Morgan fingerprint density at radius 2 is 1.28 bits per heavy atom. The Morgan fingerprint density at radius 3 is 2.22 bits per heavy atom. The van der Waals surface area contributed by atoms with Crippen molar-refractivity contribution in [2.75, 3.05) is 0 Å². The summed E-state index contributed by atoms with van der Waals surface area (Å²) in [5, 5.41) is 14.5. The number of rotatable bonds is 3. The summed E-state index contributed by atoms with van der Waals surface area (Å²) in [5.41, 5.74) is 14.0. The first-order valence-electron chi connectivity index (χ1n) is 15.7. The molecule has 1 aliphatic carbocycles. The van der Waals surface area contributed by atoms with Crippen molar-refractivity contribution in [2.24, 2.45) is 0 Å². The van der Waals surface area contributed by atoms with E-state index in [1.165, 1.54) is 66.1 Å². The summed E-state index contributed by atoms with van der Waals surface area (Å²) < 4.78 is 2.27. The molecule has 1 aromatic heterocycles. The molecule has 0 unspecified atom stereocenters. The molecule has 0 saturated carbocycles. The predicted octanol–water partition coefficient (Wildman–Crippen LogP) is 11.2. The molecule has 9 rings (SSSR count). The van der Waals surface area contributed by atoms with Gasteiger partial charge >= 0.3 is 0 Å². The minimum Gasteiger partial charge on any atom is -0.309 e. The van der Waals surface area contributed by atoms with Gasteiger partial charge in [0.2, 0.25) is 0 Å². The number of allylic oxidation sites excluding steroid dienone is 1. The molecule has 214 valence electrons. The lowest BCUT2D eigenvalue weighted by Gasteiger charge is -2.13. The lowest BCUT2D eigenvalue weighted by atomic mass is 9.91. The van der Waals surface area contributed by atoms with Crippen molar-refractivity contribution in [3.8, 4) is 34.0 Å². The maximum Gasteiger partial charge on any atom is 0.0992 e. The van der Waals surface area contributed by atoms with Crippen LogP contribution in [0.1, 0.15) is 22.3 Å². The Bertz CT molecular complexity index is 2570. The number of nitriles is 1. The molecule has 0 spiro atoms. The van der Waals surface area contributed by atoms with E-state index in [-0.39, 0.29) is 0 Å². The molecular weight excluding hydrogens is 556 g/mol. The third-order valence-electron chi connectivity index (χ3n) is 9.43. The molecule has 7 aromatic carbocycles. The largest absolute Gasteiger partial charge is 0.309 e. The molecule has 0 radical (unpaired) electrons. The topological polar surface area (TPSA) is 28.7 Å². The molecule has 0 saturated heterocycles. The Kier molecular flexibility index (Phi) is 5.98. The average molecular weight is 585 g/mol. The van der Waals surface area contributed by atoms with E-state index >= 15 is 0 Å². The van der Waals surface area contributed by atoms with Crippen molar-refractivity contribution in [3.63, 3.8) is 0 Å². The second kappa shape index (κ2) is 10.5. The van der Waals surface area contributed by atoms with Crippen LogP contribution in [0.4, 0.5) is 0 Å². The normalized spacial score (nSPS) is 12.4. The van der Waals surface area contributed by atoms with E-state index in [9.17, 15) is 5.26 Å². The molecule has 0 bridgehead atoms. The summed E-state index contributed by atoms with van der Waals surface area (Å²) in [7, 11) is 0. The molecule has 8 aromatic rings. The van der Waals surface area contributed by atoms with Crippen molar-refractivity contribution in [1.29, 1.82) is 5.26 Å². The first-order chi connectivity index (χ1) is 22.7. The van der Waals surface area contributed by atoms with Crippen LogP contribution >= 0.6 is 0 Å². The predicted molar refractivity (Wildman–Crippen MR) is 192 cm³/mol. The van der Waals surface area contributed by atoms with Crippen molar-refractivity contribution >= 4 is 44.2 Å². The van der Waals surface area contributed by atoms with Gasteiger partial charge in [0.1, 0.15) is 0 Å². The van der Waals surface area contributed by atoms with Gasteiger partial charge < -0.3 is 4.57 Å². The van der Waals surface area contributed by atoms with Crippen LogP contribution in [0.15, 0.2) is 152 Å². The van der Waals surface area contributed by atoms with Crippen LogP contribution in [-0.4, -0.2) is 4.57 Å². The molecule has 46 heavy (non-hydrogen) atoms. The Labute approximate surface area is 267 Å². The van der Waals surface area contributed by atoms with E-state index in [4.69, 9.17) is 0 Å². The van der Waals surface area contributed by atoms with Crippen LogP contribution < -0.4 is 0 Å². The number of fused-ring (bicyclic) bond motifs is 7. The van der Waals surface area contributed by atoms with Gasteiger partial charge in [0.25, 0.3) is 0 Å². The summed E-state index contributed by atoms with van der Waals surface area (Å²) in [6.07, 6.45) is 3.25. The first-order valence-corrected chi connectivity index (χ1v) is 15.7. The number of hydrogen-bond donors (Lipinski definition) is 0. The summed E-state index contributed by atoms with van der Waals surface area (Å²) in [6.45, 7) is 0. The van der Waals surface area contributed by atoms with Crippen molar-refractivity contribution in [2.45, 2.75) is 6.42 Å². The zero-order chi connectivity index (χ0) is 30.6. The lowest BCUT2D eigenvalue weighted by molar-refractivity contribution is 1.18. The standard InChI is InChI=1S/C44H28N2/c45-28-29-8-7-12-38(22-29)46-43-15-6-5-14-40(43)42-27-34(20-21-44(42)46)33-18-19-36-25-37(24-35-11-3-4-13-39(35)41(36)26-33)32-17-16-30-9-1-2-10-31(30)23-32/h1-24,26-27H,25H2. The second-order valence-electron chi connectivity index (χ2n) is 12.1. The van der Waals surface area contributed by atoms with Crippen molar-refractivity contribution in [3.05, 3.63) is 174 Å². The summed E-state index contributed by atoms with van der Waals surface area (Å²) >= 11 is 0. The van der Waals surface area contributed by atoms with E-state index in [2.05, 4.69) is 150 Å². The van der Waals surface area contributed by atoms with Crippen LogP contribution in [0.3, 0.4) is 0 Å². The fourth-order valence-corrected chi connectivity index (χ4v) is 7.19. The molecule has 0 fully saturated rings. The number of hydrogen-bond acceptors (Lipinski definition) is 1. The molecular formula is C44H28N2. The third kappa shape index (κ3) is 4.25. The van der Waals surface area contributed by atoms with Crippen LogP contribution in [0.5, 0.6) is 0 Å². The molecule has 0 N–H and O–H groups in total. The number of benzene rings is 7. The molecule has 0 amide bonds. The molecule has 0 aliphatic heterocycles. The molecule has 0 atom stereocenters. The highest BCUT2D eigenvalue weighted by atomic mass is 15.0. The number of para-hydroxylation sites is 1. The van der Waals surface area contributed by atoms with Crippen LogP contribution in [0.25, 0.3) is 72.2 Å². The average Bonchev–Trinajstić information content (AvgIpc) is 3.35. The van der Waals surface area contributed by atoms with Crippen LogP contribution in [-0.2, 0) is 6.42 Å². The van der Waals surface area contributed by atoms with Gasteiger partial charge in [0.05, 0.1) is 22.7 Å². The molecule has 2 heteroatoms. The van der Waals surface area contributed by atoms with Gasteiger partial charge in [0, 0.05) is 16.5 Å². The third-order valence-corrected chi connectivity index (χ3v) is 9.43. The first kappa shape index (κ1) is 26.3. The van der Waals surface area contributed by atoms with Crippen LogP contribution in [0.2, 0.25) is 0 Å². The minimum atomic E-state index is 0.656. The number of aromatic nitrogens is 1. The fourth-order valence-electron chi connectivity index (χ4n) is 7.19. The van der Waals surface area contributed by atoms with Gasteiger partial charge in [-0.25, -0.2) is 0 Å². The van der Waals surface area contributed by atoms with Crippen LogP contribution in [0, 0.1) is 11.3 Å². The quantitative estimate of drug-likeness (QED) is 0.203. The Balaban J connectivity index is 1.17. The molecule has 2 nitrogen and oxygen atoms in total. The SMILES string of the molecule is N#Cc1cccc(-n2c3ccccc3c3cc(-c4ccc5c(c4)-c4ccccc4C=C(c4ccc6ccccc6c4)C5)ccc32)c1. The zero-order valence-corrected chi connectivity index (χ0v) is 25.1. The van der Waals surface area contributed by atoms with Gasteiger partial charge in [-0.2, -0.15) is 5.26 Å². The smallest absolute Gasteiger partial charge is 0.0992 e. The zero-order valence-electron chi connectivity index (χ0n) is 25.1. The van der Waals surface area contributed by atoms with Crippen molar-refractivity contribution < 1.29 is 0 Å². The maximum atomic E-state index is 9.56. The summed E-state index contributed by atoms with van der Waals surface area (Å²) in [6, 6.07) is 56.6. The van der Waals surface area contributed by atoms with E-state index < -0.39 is 0 Å². The summed E-state index contributed by atoms with van der Waals surface area (Å²) in [4.78, 5) is 0. The monoisotopic (exact) mass is 584 g/mol. The van der Waals surface area contributed by atoms with E-state index in [0.29, 0.717) is 5.56 Å². The van der Waals surface area contributed by atoms with Crippen molar-refractivity contribution in [1.82, 2.24) is 4.57 Å². The Morgan fingerprint density at radius 1 is 0.522 bits per heavy atom. The van der Waals surface area contributed by atoms with E-state index in [1.54, 1.807) is 0 Å². The van der Waals surface area contributed by atoms with Gasteiger partial charge in [-0.1, -0.05) is 109 Å². The highest BCUT2D eigenvalue weighted by Gasteiger charge is 2.19. The van der Waals surface area contributed by atoms with Gasteiger partial charge in [-0.3, -0.25) is 0 Å². The van der Waals surface area contributed by atoms with Gasteiger partial charge in [0.15, 0.2) is 0 Å². The molecule has 1 aliphatic rings. The fraction of sp³-hybridized carbons (Fsp3) is 0.0227. The molecule has 1 heterocycles. The minimum absolute atomic E-state index is 0.656. The second-order valence-corrected chi connectivity index (χ2v) is 12.1. The lowest BCUT2D eigenvalue weighted by Crippen LogP contribution is -1.94. The summed E-state index contributed by atoms with van der Waals surface area (Å²) in [5.74, 6) is 0. The Hall–Kier alpha value is -6.17. The van der Waals surface area contributed by atoms with E-state index in [1.807, 2.05) is 18.2 Å². The highest BCUT2D eigenvalue weighted by molar-refractivity contribution is 6.10. The number of nitrogens with zero attached hydrogens (tertiary/aromatic N) is 2. The van der Waals surface area contributed by atoms with E-state index in [0.717, 1.165) is 23.1 Å². The van der Waals surface area contributed by atoms with Gasteiger partial charge in [-0.15, -0.1) is 0 Å². The van der Waals surface area contributed by atoms with Gasteiger partial charge in [-0.05, 0) is 110 Å². The highest BCUT2D eigenvalue weighted by Crippen LogP contribution is 2.41. The maximum absolute atomic E-state index is 9.56.